The van der Waals surface area contributed by atoms with Gasteiger partial charge in [0.15, 0.2) is 0 Å². The van der Waals surface area contributed by atoms with E-state index in [1.165, 1.54) is 0 Å². The summed E-state index contributed by atoms with van der Waals surface area (Å²) in [5, 5.41) is 4.25. The van der Waals surface area contributed by atoms with Crippen molar-refractivity contribution < 1.29 is 9.47 Å². The first-order valence-electron chi connectivity index (χ1n) is 6.00. The highest BCUT2D eigenvalue weighted by Crippen LogP contribution is 2.22. The van der Waals surface area contributed by atoms with Crippen molar-refractivity contribution in [2.45, 2.75) is 6.54 Å². The minimum atomic E-state index is 0.512. The highest BCUT2D eigenvalue weighted by molar-refractivity contribution is 5.80. The maximum atomic E-state index is 5.66. The third-order valence-corrected chi connectivity index (χ3v) is 2.66. The SMILES string of the molecule is CNCc1cc2ccccc2nc1OCCOC. The fraction of sp³-hybridized carbons (Fsp3) is 0.357. The average Bonchev–Trinajstić information content (AvgIpc) is 2.40. The smallest absolute Gasteiger partial charge is 0.218 e. The van der Waals surface area contributed by atoms with Gasteiger partial charge in [-0.25, -0.2) is 4.98 Å². The molecule has 0 fully saturated rings. The molecule has 2 aromatic rings. The van der Waals surface area contributed by atoms with Crippen molar-refractivity contribution in [1.29, 1.82) is 0 Å². The molecule has 4 heteroatoms. The van der Waals surface area contributed by atoms with E-state index in [4.69, 9.17) is 9.47 Å². The number of aromatic nitrogens is 1. The number of para-hydroxylation sites is 1. The van der Waals surface area contributed by atoms with E-state index in [9.17, 15) is 0 Å². The quantitative estimate of drug-likeness (QED) is 0.791. The van der Waals surface area contributed by atoms with Crippen molar-refractivity contribution in [1.82, 2.24) is 10.3 Å². The van der Waals surface area contributed by atoms with Gasteiger partial charge in [-0.2, -0.15) is 0 Å². The molecule has 2 rings (SSSR count). The van der Waals surface area contributed by atoms with Gasteiger partial charge in [0.1, 0.15) is 6.61 Å². The predicted octanol–water partition coefficient (Wildman–Crippen LogP) is 1.98. The first-order chi connectivity index (χ1) is 8.85. The summed E-state index contributed by atoms with van der Waals surface area (Å²) in [5.41, 5.74) is 2.01. The number of nitrogens with one attached hydrogen (secondary N) is 1. The number of ether oxygens (including phenoxy) is 2. The van der Waals surface area contributed by atoms with E-state index in [1.807, 2.05) is 25.2 Å². The second-order valence-electron chi connectivity index (χ2n) is 4.02. The van der Waals surface area contributed by atoms with Crippen LogP contribution in [0.15, 0.2) is 30.3 Å². The zero-order valence-electron chi connectivity index (χ0n) is 10.8. The molecule has 0 aliphatic heterocycles. The molecule has 0 atom stereocenters. The largest absolute Gasteiger partial charge is 0.475 e. The molecule has 0 spiro atoms. The van der Waals surface area contributed by atoms with Crippen molar-refractivity contribution in [3.8, 4) is 5.88 Å². The molecule has 0 amide bonds. The van der Waals surface area contributed by atoms with Gasteiger partial charge < -0.3 is 14.8 Å². The first-order valence-corrected chi connectivity index (χ1v) is 6.00. The van der Waals surface area contributed by atoms with Gasteiger partial charge in [-0.1, -0.05) is 18.2 Å². The van der Waals surface area contributed by atoms with Gasteiger partial charge in [-0.05, 0) is 19.2 Å². The van der Waals surface area contributed by atoms with E-state index in [0.29, 0.717) is 19.1 Å². The summed E-state index contributed by atoms with van der Waals surface area (Å²) in [6, 6.07) is 10.1. The predicted molar refractivity (Wildman–Crippen MR) is 71.9 cm³/mol. The van der Waals surface area contributed by atoms with Gasteiger partial charge >= 0.3 is 0 Å². The topological polar surface area (TPSA) is 43.4 Å². The number of fused-ring (bicyclic) bond motifs is 1. The summed E-state index contributed by atoms with van der Waals surface area (Å²) in [5.74, 6) is 0.681. The molecule has 0 aliphatic rings. The van der Waals surface area contributed by atoms with E-state index >= 15 is 0 Å². The Labute approximate surface area is 107 Å². The number of nitrogens with zero attached hydrogens (tertiary/aromatic N) is 1. The van der Waals surface area contributed by atoms with Crippen molar-refractivity contribution in [2.24, 2.45) is 0 Å². The molecule has 1 N–H and O–H groups in total. The molecule has 18 heavy (non-hydrogen) atoms. The summed E-state index contributed by atoms with van der Waals surface area (Å²) >= 11 is 0. The number of hydrogen-bond acceptors (Lipinski definition) is 4. The van der Waals surface area contributed by atoms with Crippen LogP contribution in [0.1, 0.15) is 5.56 Å². The highest BCUT2D eigenvalue weighted by atomic mass is 16.5. The lowest BCUT2D eigenvalue weighted by Crippen LogP contribution is -2.11. The monoisotopic (exact) mass is 246 g/mol. The molecule has 0 unspecified atom stereocenters. The second-order valence-corrected chi connectivity index (χ2v) is 4.02. The van der Waals surface area contributed by atoms with Crippen molar-refractivity contribution in [3.05, 3.63) is 35.9 Å². The Morgan fingerprint density at radius 3 is 2.83 bits per heavy atom. The van der Waals surface area contributed by atoms with E-state index < -0.39 is 0 Å². The molecule has 0 radical (unpaired) electrons. The van der Waals surface area contributed by atoms with Crippen LogP contribution in [0.2, 0.25) is 0 Å². The standard InChI is InChI=1S/C14H18N2O2/c1-15-10-12-9-11-5-3-4-6-13(11)16-14(12)18-8-7-17-2/h3-6,9,15H,7-8,10H2,1-2H3. The molecule has 4 nitrogen and oxygen atoms in total. The summed E-state index contributed by atoms with van der Waals surface area (Å²) in [6.45, 7) is 1.81. The Morgan fingerprint density at radius 2 is 2.06 bits per heavy atom. The van der Waals surface area contributed by atoms with Crippen LogP contribution < -0.4 is 10.1 Å². The third kappa shape index (κ3) is 2.97. The molecule has 0 bridgehead atoms. The number of benzene rings is 1. The molecule has 0 aliphatic carbocycles. The number of rotatable bonds is 6. The van der Waals surface area contributed by atoms with Crippen LogP contribution in [0.3, 0.4) is 0 Å². The van der Waals surface area contributed by atoms with E-state index in [1.54, 1.807) is 7.11 Å². The van der Waals surface area contributed by atoms with Crippen LogP contribution in [0, 0.1) is 0 Å². The lowest BCUT2D eigenvalue weighted by Gasteiger charge is -2.11. The molecule has 0 saturated carbocycles. The average molecular weight is 246 g/mol. The minimum Gasteiger partial charge on any atom is -0.475 e. The summed E-state index contributed by atoms with van der Waals surface area (Å²) < 4.78 is 10.6. The first kappa shape index (κ1) is 12.8. The summed E-state index contributed by atoms with van der Waals surface area (Å²) in [7, 11) is 3.57. The fourth-order valence-corrected chi connectivity index (χ4v) is 1.81. The van der Waals surface area contributed by atoms with E-state index in [2.05, 4.69) is 22.4 Å². The number of hydrogen-bond donors (Lipinski definition) is 1. The van der Waals surface area contributed by atoms with Crippen molar-refractivity contribution in [3.63, 3.8) is 0 Å². The molecule has 1 heterocycles. The molecular weight excluding hydrogens is 228 g/mol. The Morgan fingerprint density at radius 1 is 1.22 bits per heavy atom. The van der Waals surface area contributed by atoms with Gasteiger partial charge in [0, 0.05) is 24.6 Å². The number of pyridine rings is 1. The Hall–Kier alpha value is -1.65. The van der Waals surface area contributed by atoms with Crippen LogP contribution in [0.4, 0.5) is 0 Å². The third-order valence-electron chi connectivity index (χ3n) is 2.66. The van der Waals surface area contributed by atoms with Crippen molar-refractivity contribution in [2.75, 3.05) is 27.4 Å². The molecular formula is C14H18N2O2. The Bertz CT molecular complexity index is 514. The van der Waals surface area contributed by atoms with Gasteiger partial charge in [0.2, 0.25) is 5.88 Å². The summed E-state index contributed by atoms with van der Waals surface area (Å²) in [4.78, 5) is 4.55. The zero-order valence-corrected chi connectivity index (χ0v) is 10.8. The van der Waals surface area contributed by atoms with Crippen LogP contribution in [-0.2, 0) is 11.3 Å². The van der Waals surface area contributed by atoms with Crippen LogP contribution >= 0.6 is 0 Å². The Kier molecular flexibility index (Phi) is 4.50. The molecule has 1 aromatic heterocycles. The highest BCUT2D eigenvalue weighted by Gasteiger charge is 2.07. The maximum absolute atomic E-state index is 5.66. The number of methoxy groups -OCH3 is 1. The summed E-state index contributed by atoms with van der Waals surface area (Å²) in [6.07, 6.45) is 0. The lowest BCUT2D eigenvalue weighted by molar-refractivity contribution is 0.143. The second kappa shape index (κ2) is 6.33. The molecule has 0 saturated heterocycles. The van der Waals surface area contributed by atoms with Gasteiger partial charge in [-0.3, -0.25) is 0 Å². The van der Waals surface area contributed by atoms with Gasteiger partial charge in [-0.15, -0.1) is 0 Å². The fourth-order valence-electron chi connectivity index (χ4n) is 1.81. The maximum Gasteiger partial charge on any atom is 0.218 e. The van der Waals surface area contributed by atoms with Crippen LogP contribution in [0.5, 0.6) is 5.88 Å². The van der Waals surface area contributed by atoms with E-state index in [-0.39, 0.29) is 0 Å². The van der Waals surface area contributed by atoms with Crippen molar-refractivity contribution >= 4 is 10.9 Å². The van der Waals surface area contributed by atoms with Gasteiger partial charge in [0.05, 0.1) is 12.1 Å². The van der Waals surface area contributed by atoms with Gasteiger partial charge in [0.25, 0.3) is 0 Å². The van der Waals surface area contributed by atoms with Crippen LogP contribution in [-0.4, -0.2) is 32.4 Å². The minimum absolute atomic E-state index is 0.512. The lowest BCUT2D eigenvalue weighted by atomic mass is 10.1. The zero-order chi connectivity index (χ0) is 12.8. The Balaban J connectivity index is 2.31. The van der Waals surface area contributed by atoms with Crippen LogP contribution in [0.25, 0.3) is 10.9 Å². The molecule has 1 aromatic carbocycles. The molecule has 96 valence electrons. The normalized spacial score (nSPS) is 10.8. The van der Waals surface area contributed by atoms with E-state index in [0.717, 1.165) is 23.0 Å².